The summed E-state index contributed by atoms with van der Waals surface area (Å²) in [4.78, 5) is 0. The summed E-state index contributed by atoms with van der Waals surface area (Å²) in [5.74, 6) is 0.886. The highest BCUT2D eigenvalue weighted by molar-refractivity contribution is 6.62. The van der Waals surface area contributed by atoms with Crippen molar-refractivity contribution in [3.8, 4) is 5.75 Å². The van der Waals surface area contributed by atoms with E-state index in [-0.39, 0.29) is 12.4 Å². The smallest absolute Gasteiger partial charge is 0.489 e. The fourth-order valence-electron chi connectivity index (χ4n) is 3.00. The third-order valence-corrected chi connectivity index (χ3v) is 5.44. The van der Waals surface area contributed by atoms with E-state index in [1.54, 1.807) is 0 Å². The van der Waals surface area contributed by atoms with E-state index in [1.807, 2.05) is 52.0 Å². The lowest BCUT2D eigenvalue weighted by atomic mass is 9.78. The van der Waals surface area contributed by atoms with Crippen molar-refractivity contribution >= 4 is 12.6 Å². The lowest BCUT2D eigenvalue weighted by molar-refractivity contribution is 0.00578. The molecule has 0 aliphatic carbocycles. The highest BCUT2D eigenvalue weighted by Crippen LogP contribution is 2.36. The van der Waals surface area contributed by atoms with Gasteiger partial charge in [0.15, 0.2) is 0 Å². The summed E-state index contributed by atoms with van der Waals surface area (Å²) in [6, 6.07) is 12.8. The van der Waals surface area contributed by atoms with Crippen molar-refractivity contribution in [2.75, 3.05) is 0 Å². The van der Waals surface area contributed by atoms with Crippen molar-refractivity contribution in [2.45, 2.75) is 65.3 Å². The molecule has 0 radical (unpaired) electrons. The van der Waals surface area contributed by atoms with Gasteiger partial charge in [0, 0.05) is 0 Å². The second kappa shape index (κ2) is 7.29. The van der Waals surface area contributed by atoms with Gasteiger partial charge in [0.2, 0.25) is 0 Å². The quantitative estimate of drug-likeness (QED) is 0.706. The molecule has 1 aliphatic rings. The van der Waals surface area contributed by atoms with E-state index in [4.69, 9.17) is 14.0 Å². The van der Waals surface area contributed by atoms with Crippen molar-refractivity contribution in [1.82, 2.24) is 0 Å². The molecule has 1 saturated heterocycles. The van der Waals surface area contributed by atoms with Crippen LogP contribution in [0.1, 0.15) is 58.6 Å². The first-order chi connectivity index (χ1) is 12.6. The molecule has 2 aromatic rings. The van der Waals surface area contributed by atoms with Crippen molar-refractivity contribution in [3.05, 3.63) is 59.4 Å². The monoisotopic (exact) mass is 370 g/mol. The molecule has 0 saturated carbocycles. The normalized spacial score (nSPS) is 18.1. The van der Waals surface area contributed by atoms with Crippen LogP contribution in [0.3, 0.4) is 0 Å². The fraction of sp³-hybridized carbons (Fsp3) is 0.455. The van der Waals surface area contributed by atoms with Crippen LogP contribution < -0.4 is 10.2 Å². The van der Waals surface area contributed by atoms with Crippen molar-refractivity contribution in [3.63, 3.8) is 0 Å². The Hall–Kier alpha value is -1.85. The topological polar surface area (TPSA) is 27.7 Å². The zero-order valence-corrected chi connectivity index (χ0v) is 17.0. The van der Waals surface area contributed by atoms with E-state index in [9.17, 15) is 4.39 Å². The first-order valence-corrected chi connectivity index (χ1v) is 9.45. The Kier molecular flexibility index (Phi) is 5.37. The Bertz CT molecular complexity index is 801. The van der Waals surface area contributed by atoms with E-state index in [0.717, 1.165) is 11.3 Å². The van der Waals surface area contributed by atoms with Gasteiger partial charge in [0.25, 0.3) is 0 Å². The molecule has 0 spiro atoms. The summed E-state index contributed by atoms with van der Waals surface area (Å²) >= 11 is 0. The summed E-state index contributed by atoms with van der Waals surface area (Å²) in [7, 11) is -0.589. The molecular weight excluding hydrogens is 342 g/mol. The summed E-state index contributed by atoms with van der Waals surface area (Å²) in [6.07, 6.45) is 0. The second-order valence-electron chi connectivity index (χ2n) is 8.50. The van der Waals surface area contributed by atoms with Gasteiger partial charge in [-0.25, -0.2) is 4.39 Å². The number of ether oxygens (including phenoxy) is 1. The maximum Gasteiger partial charge on any atom is 0.494 e. The fourth-order valence-corrected chi connectivity index (χ4v) is 3.00. The Morgan fingerprint density at radius 1 is 1.00 bits per heavy atom. The van der Waals surface area contributed by atoms with Gasteiger partial charge in [-0.1, -0.05) is 32.0 Å². The molecule has 1 aliphatic heterocycles. The summed E-state index contributed by atoms with van der Waals surface area (Å²) in [5.41, 5.74) is 1.71. The van der Waals surface area contributed by atoms with E-state index >= 15 is 0 Å². The number of hydrogen-bond acceptors (Lipinski definition) is 3. The lowest BCUT2D eigenvalue weighted by Gasteiger charge is -2.32. The predicted octanol–water partition coefficient (Wildman–Crippen LogP) is 4.83. The average molecular weight is 370 g/mol. The zero-order valence-electron chi connectivity index (χ0n) is 17.0. The molecule has 144 valence electrons. The van der Waals surface area contributed by atoms with Crippen LogP contribution in [0.5, 0.6) is 5.75 Å². The van der Waals surface area contributed by atoms with Crippen LogP contribution in [-0.4, -0.2) is 18.3 Å². The van der Waals surface area contributed by atoms with Crippen LogP contribution in [0.2, 0.25) is 0 Å². The van der Waals surface area contributed by atoms with Crippen molar-refractivity contribution in [2.24, 2.45) is 0 Å². The SMILES string of the molecule is CC(C)c1cccc(OCc2cc(F)cc(B3OC(C)(C)C(C)(C)O3)c2)c1. The van der Waals surface area contributed by atoms with Crippen LogP contribution in [0, 0.1) is 5.82 Å². The second-order valence-corrected chi connectivity index (χ2v) is 8.50. The lowest BCUT2D eigenvalue weighted by Crippen LogP contribution is -2.41. The summed E-state index contributed by atoms with van der Waals surface area (Å²) < 4.78 is 32.2. The highest BCUT2D eigenvalue weighted by Gasteiger charge is 2.51. The molecule has 0 unspecified atom stereocenters. The molecule has 2 aromatic carbocycles. The number of rotatable bonds is 5. The molecular formula is C22H28BFO3. The molecule has 1 fully saturated rings. The maximum absolute atomic E-state index is 14.2. The molecule has 0 amide bonds. The van der Waals surface area contributed by atoms with Gasteiger partial charge >= 0.3 is 7.12 Å². The number of hydrogen-bond donors (Lipinski definition) is 0. The van der Waals surface area contributed by atoms with Crippen LogP contribution in [0.15, 0.2) is 42.5 Å². The minimum absolute atomic E-state index is 0.284. The largest absolute Gasteiger partial charge is 0.494 e. The molecule has 1 heterocycles. The molecule has 0 bridgehead atoms. The first kappa shape index (κ1) is 19.9. The molecule has 5 heteroatoms. The first-order valence-electron chi connectivity index (χ1n) is 9.45. The van der Waals surface area contributed by atoms with Gasteiger partial charge in [0.05, 0.1) is 11.2 Å². The van der Waals surface area contributed by atoms with E-state index in [2.05, 4.69) is 19.9 Å². The van der Waals surface area contributed by atoms with Gasteiger partial charge in [0.1, 0.15) is 18.2 Å². The Morgan fingerprint density at radius 2 is 1.67 bits per heavy atom. The predicted molar refractivity (Wildman–Crippen MR) is 107 cm³/mol. The highest BCUT2D eigenvalue weighted by atomic mass is 19.1. The molecule has 0 N–H and O–H groups in total. The molecule has 27 heavy (non-hydrogen) atoms. The Balaban J connectivity index is 1.76. The van der Waals surface area contributed by atoms with E-state index < -0.39 is 18.3 Å². The standard InChI is InChI=1S/C22H28BFO3/c1-15(2)17-8-7-9-20(12-17)25-14-16-10-18(13-19(24)11-16)23-26-21(3,4)22(5,6)27-23/h7-13,15H,14H2,1-6H3. The third kappa shape index (κ3) is 4.36. The van der Waals surface area contributed by atoms with E-state index in [1.165, 1.54) is 17.7 Å². The maximum atomic E-state index is 14.2. The van der Waals surface area contributed by atoms with Gasteiger partial charge in [-0.05, 0) is 74.5 Å². The number of benzene rings is 2. The Labute approximate surface area is 162 Å². The van der Waals surface area contributed by atoms with Crippen molar-refractivity contribution in [1.29, 1.82) is 0 Å². The minimum atomic E-state index is -0.589. The van der Waals surface area contributed by atoms with Gasteiger partial charge < -0.3 is 14.0 Å². The summed E-state index contributed by atoms with van der Waals surface area (Å²) in [6.45, 7) is 12.5. The van der Waals surface area contributed by atoms with Gasteiger partial charge in [-0.15, -0.1) is 0 Å². The van der Waals surface area contributed by atoms with Gasteiger partial charge in [-0.3, -0.25) is 0 Å². The number of halogens is 1. The minimum Gasteiger partial charge on any atom is -0.489 e. The van der Waals surface area contributed by atoms with Crippen molar-refractivity contribution < 1.29 is 18.4 Å². The molecule has 3 nitrogen and oxygen atoms in total. The Morgan fingerprint density at radius 3 is 2.30 bits per heavy atom. The van der Waals surface area contributed by atoms with Crippen LogP contribution >= 0.6 is 0 Å². The molecule has 0 atom stereocenters. The van der Waals surface area contributed by atoms with Crippen LogP contribution in [-0.2, 0) is 15.9 Å². The zero-order chi connectivity index (χ0) is 19.8. The molecule has 3 rings (SSSR count). The van der Waals surface area contributed by atoms with Gasteiger partial charge in [-0.2, -0.15) is 0 Å². The third-order valence-electron chi connectivity index (χ3n) is 5.44. The van der Waals surface area contributed by atoms with E-state index in [0.29, 0.717) is 11.4 Å². The van der Waals surface area contributed by atoms with Crippen LogP contribution in [0.4, 0.5) is 4.39 Å². The average Bonchev–Trinajstić information content (AvgIpc) is 2.81. The summed E-state index contributed by atoms with van der Waals surface area (Å²) in [5, 5.41) is 0. The van der Waals surface area contributed by atoms with Crippen LogP contribution in [0.25, 0.3) is 0 Å². The molecule has 0 aromatic heterocycles.